The van der Waals surface area contributed by atoms with Gasteiger partial charge in [-0.2, -0.15) is 13.2 Å². The maximum atomic E-state index is 12.8. The maximum Gasteiger partial charge on any atom is 0.416 e. The van der Waals surface area contributed by atoms with Gasteiger partial charge in [-0.05, 0) is 58.0 Å². The minimum atomic E-state index is -4.41. The summed E-state index contributed by atoms with van der Waals surface area (Å²) in [6, 6.07) is 4.64. The number of benzene rings is 1. The van der Waals surface area contributed by atoms with Gasteiger partial charge >= 0.3 is 6.18 Å². The normalized spacial score (nSPS) is 28.6. The lowest BCUT2D eigenvalue weighted by Crippen LogP contribution is -2.59. The van der Waals surface area contributed by atoms with Gasteiger partial charge in [-0.15, -0.1) is 12.4 Å². The lowest BCUT2D eigenvalue weighted by molar-refractivity contribution is -0.154. The Labute approximate surface area is 139 Å². The zero-order chi connectivity index (χ0) is 16.8. The maximum absolute atomic E-state index is 12.8. The number of Topliss-reactive ketones (excluding diaryl/α,β-unsaturated/α-hetero) is 1. The van der Waals surface area contributed by atoms with Gasteiger partial charge in [-0.25, -0.2) is 0 Å². The van der Waals surface area contributed by atoms with Crippen LogP contribution in [0, 0.1) is 0 Å². The molecule has 0 spiro atoms. The predicted octanol–water partition coefficient (Wildman–Crippen LogP) is 3.39. The highest BCUT2D eigenvalue weighted by Gasteiger charge is 2.52. The zero-order valence-electron chi connectivity index (χ0n) is 13.3. The number of rotatable bonds is 2. The summed E-state index contributed by atoms with van der Waals surface area (Å²) in [5.74, 6) is -0.365. The van der Waals surface area contributed by atoms with E-state index < -0.39 is 22.9 Å². The van der Waals surface area contributed by atoms with Crippen molar-refractivity contribution in [3.05, 3.63) is 35.4 Å². The van der Waals surface area contributed by atoms with Crippen molar-refractivity contribution in [1.82, 2.24) is 4.90 Å². The molecule has 1 aromatic rings. The number of aliphatic hydroxyl groups is 1. The molecule has 7 heteroatoms. The number of halogens is 4. The zero-order valence-corrected chi connectivity index (χ0v) is 14.1. The van der Waals surface area contributed by atoms with Crippen molar-refractivity contribution in [3.63, 3.8) is 0 Å². The molecular formula is C16H21ClF3NO2. The first kappa shape index (κ1) is 19.9. The lowest BCUT2D eigenvalue weighted by Gasteiger charge is -2.46. The Kier molecular flexibility index (Phi) is 5.56. The Morgan fingerprint density at radius 2 is 1.65 bits per heavy atom. The summed E-state index contributed by atoms with van der Waals surface area (Å²) in [5, 5.41) is 10.3. The second-order valence-electron chi connectivity index (χ2n) is 6.29. The molecule has 1 aliphatic rings. The van der Waals surface area contributed by atoms with Gasteiger partial charge in [0, 0.05) is 0 Å². The Balaban J connectivity index is 0.00000264. The number of ketones is 1. The number of nitrogens with zero attached hydrogens (tertiary/aromatic N) is 1. The third kappa shape index (κ3) is 3.39. The van der Waals surface area contributed by atoms with Crippen LogP contribution in [0.5, 0.6) is 0 Å². The Bertz CT molecular complexity index is 570. The first-order chi connectivity index (χ1) is 10.0. The molecule has 1 fully saturated rings. The van der Waals surface area contributed by atoms with E-state index in [1.54, 1.807) is 19.0 Å². The van der Waals surface area contributed by atoms with Gasteiger partial charge in [0.05, 0.1) is 5.56 Å². The van der Waals surface area contributed by atoms with Crippen molar-refractivity contribution in [2.45, 2.75) is 43.5 Å². The van der Waals surface area contributed by atoms with Crippen LogP contribution in [0.4, 0.5) is 13.2 Å². The van der Waals surface area contributed by atoms with Gasteiger partial charge in [0.15, 0.2) is 5.78 Å². The van der Waals surface area contributed by atoms with E-state index in [0.717, 1.165) is 12.1 Å². The summed E-state index contributed by atoms with van der Waals surface area (Å²) in [5.41, 5.74) is -2.83. The van der Waals surface area contributed by atoms with Crippen molar-refractivity contribution < 1.29 is 23.1 Å². The smallest absolute Gasteiger partial charge is 0.382 e. The topological polar surface area (TPSA) is 40.5 Å². The third-order valence-electron chi connectivity index (χ3n) is 4.52. The van der Waals surface area contributed by atoms with Crippen LogP contribution in [0.15, 0.2) is 24.3 Å². The summed E-state index contributed by atoms with van der Waals surface area (Å²) in [7, 11) is 3.41. The third-order valence-corrected chi connectivity index (χ3v) is 4.52. The van der Waals surface area contributed by atoms with E-state index in [-0.39, 0.29) is 18.2 Å². The number of likely N-dealkylation sites (N-methyl/N-ethyl adjacent to an activating group) is 1. The van der Waals surface area contributed by atoms with Crippen molar-refractivity contribution in [2.75, 3.05) is 14.1 Å². The molecule has 1 N–H and O–H groups in total. The van der Waals surface area contributed by atoms with E-state index >= 15 is 0 Å². The van der Waals surface area contributed by atoms with Crippen LogP contribution in [0.2, 0.25) is 0 Å². The van der Waals surface area contributed by atoms with Crippen molar-refractivity contribution in [1.29, 1.82) is 0 Å². The summed E-state index contributed by atoms with van der Waals surface area (Å²) >= 11 is 0. The standard InChI is InChI=1S/C16H20F3NO2.ClH/c1-14(22)9-4-10-15(13(14)21,20(2)3)11-5-7-12(8-6-11)16(17,18)19;/h5-8,22H,4,9-10H2,1-3H3;1H/t14-,15-;/m1./s1. The number of carbonyl (C=O) groups is 1. The number of alkyl halides is 3. The first-order valence-electron chi connectivity index (χ1n) is 7.14. The molecule has 2 rings (SSSR count). The molecule has 1 aromatic carbocycles. The summed E-state index contributed by atoms with van der Waals surface area (Å²) in [4.78, 5) is 14.5. The SMILES string of the molecule is CN(C)[C@@]1(c2ccc(C(F)(F)F)cc2)CCC[C@@](C)(O)C1=O.Cl. The minimum Gasteiger partial charge on any atom is -0.382 e. The summed E-state index contributed by atoms with van der Waals surface area (Å²) < 4.78 is 38.1. The van der Waals surface area contributed by atoms with Crippen LogP contribution in [0.3, 0.4) is 0 Å². The molecule has 2 atom stereocenters. The fraction of sp³-hybridized carbons (Fsp3) is 0.562. The first-order valence-corrected chi connectivity index (χ1v) is 7.14. The van der Waals surface area contributed by atoms with Gasteiger partial charge < -0.3 is 5.11 Å². The van der Waals surface area contributed by atoms with Gasteiger partial charge in [-0.1, -0.05) is 12.1 Å². The van der Waals surface area contributed by atoms with E-state index in [2.05, 4.69) is 0 Å². The largest absolute Gasteiger partial charge is 0.416 e. The van der Waals surface area contributed by atoms with E-state index in [9.17, 15) is 23.1 Å². The average molecular weight is 352 g/mol. The van der Waals surface area contributed by atoms with Crippen LogP contribution in [0.25, 0.3) is 0 Å². The van der Waals surface area contributed by atoms with Crippen molar-refractivity contribution in [2.24, 2.45) is 0 Å². The average Bonchev–Trinajstić information content (AvgIpc) is 2.41. The van der Waals surface area contributed by atoms with E-state index in [1.807, 2.05) is 0 Å². The number of hydrogen-bond acceptors (Lipinski definition) is 3. The molecular weight excluding hydrogens is 331 g/mol. The van der Waals surface area contributed by atoms with E-state index in [0.29, 0.717) is 24.8 Å². The quantitative estimate of drug-likeness (QED) is 0.888. The van der Waals surface area contributed by atoms with Crippen LogP contribution in [-0.4, -0.2) is 35.5 Å². The minimum absolute atomic E-state index is 0. The molecule has 3 nitrogen and oxygen atoms in total. The Morgan fingerprint density at radius 3 is 2.09 bits per heavy atom. The highest BCUT2D eigenvalue weighted by molar-refractivity contribution is 5.96. The second kappa shape index (κ2) is 6.42. The molecule has 0 heterocycles. The van der Waals surface area contributed by atoms with Gasteiger partial charge in [-0.3, -0.25) is 9.69 Å². The molecule has 0 bridgehead atoms. The van der Waals surface area contributed by atoms with E-state index in [4.69, 9.17) is 0 Å². The molecule has 0 aromatic heterocycles. The summed E-state index contributed by atoms with van der Waals surface area (Å²) in [6.45, 7) is 1.47. The highest BCUT2D eigenvalue weighted by atomic mass is 35.5. The fourth-order valence-electron chi connectivity index (χ4n) is 3.26. The molecule has 0 aliphatic heterocycles. The monoisotopic (exact) mass is 351 g/mol. The van der Waals surface area contributed by atoms with Gasteiger partial charge in [0.1, 0.15) is 11.1 Å². The number of carbonyl (C=O) groups excluding carboxylic acids is 1. The van der Waals surface area contributed by atoms with Crippen LogP contribution in [-0.2, 0) is 16.5 Å². The highest BCUT2D eigenvalue weighted by Crippen LogP contribution is 2.43. The molecule has 130 valence electrons. The lowest BCUT2D eigenvalue weighted by atomic mass is 9.68. The molecule has 1 saturated carbocycles. The summed E-state index contributed by atoms with van der Waals surface area (Å²) in [6.07, 6.45) is -2.95. The molecule has 1 aliphatic carbocycles. The second-order valence-corrected chi connectivity index (χ2v) is 6.29. The Hall–Kier alpha value is -1.11. The van der Waals surface area contributed by atoms with E-state index in [1.165, 1.54) is 19.1 Å². The predicted molar refractivity (Wildman–Crippen MR) is 83.5 cm³/mol. The molecule has 0 amide bonds. The Morgan fingerprint density at radius 1 is 1.13 bits per heavy atom. The molecule has 0 saturated heterocycles. The molecule has 0 radical (unpaired) electrons. The van der Waals surface area contributed by atoms with Crippen LogP contribution < -0.4 is 0 Å². The molecule has 23 heavy (non-hydrogen) atoms. The fourth-order valence-corrected chi connectivity index (χ4v) is 3.26. The van der Waals surface area contributed by atoms with Crippen LogP contribution in [0.1, 0.15) is 37.3 Å². The van der Waals surface area contributed by atoms with Gasteiger partial charge in [0.25, 0.3) is 0 Å². The van der Waals surface area contributed by atoms with Crippen molar-refractivity contribution >= 4 is 18.2 Å². The molecule has 0 unspecified atom stereocenters. The van der Waals surface area contributed by atoms with Crippen molar-refractivity contribution in [3.8, 4) is 0 Å². The van der Waals surface area contributed by atoms with Gasteiger partial charge in [0.2, 0.25) is 0 Å². The number of hydrogen-bond donors (Lipinski definition) is 1. The van der Waals surface area contributed by atoms with Crippen LogP contribution >= 0.6 is 12.4 Å².